The fourth-order valence-electron chi connectivity index (χ4n) is 0.518. The molecule has 0 radical (unpaired) electrons. The van der Waals surface area contributed by atoms with Crippen LogP contribution in [0, 0.1) is 0 Å². The van der Waals surface area contributed by atoms with Gasteiger partial charge in [-0.15, -0.1) is 0 Å². The summed E-state index contributed by atoms with van der Waals surface area (Å²) in [6.45, 7) is -0.0752. The Bertz CT molecular complexity index is 159. The first-order chi connectivity index (χ1) is 4.20. The number of ether oxygens (including phenoxy) is 1. The van der Waals surface area contributed by atoms with E-state index in [1.807, 2.05) is 0 Å². The van der Waals surface area contributed by atoms with Gasteiger partial charge in [0.15, 0.2) is 6.04 Å². The Kier molecular flexibility index (Phi) is 3.26. The molecule has 1 fully saturated rings. The maximum absolute atomic E-state index is 10.2. The summed E-state index contributed by atoms with van der Waals surface area (Å²) in [5.41, 5.74) is 0. The number of hydrogen-bond acceptors (Lipinski definition) is 3. The van der Waals surface area contributed by atoms with Gasteiger partial charge in [-0.1, -0.05) is 0 Å². The molecule has 0 aliphatic carbocycles. The fraction of sp³-hybridized carbons (Fsp3) is 0.500. The molecule has 1 aliphatic heterocycles. The first-order valence-corrected chi connectivity index (χ1v) is 2.36. The molecule has 1 saturated heterocycles. The minimum atomic E-state index is -1.07. The predicted molar refractivity (Wildman–Crippen MR) is 33.1 cm³/mol. The van der Waals surface area contributed by atoms with Crippen LogP contribution in [0.2, 0.25) is 0 Å². The molecule has 0 aromatic rings. The number of cyclic esters (lactones) is 1. The van der Waals surface area contributed by atoms with Gasteiger partial charge in [-0.2, -0.15) is 0 Å². The quantitative estimate of drug-likeness (QED) is 0.435. The van der Waals surface area contributed by atoms with Gasteiger partial charge in [0.05, 0.1) is 0 Å². The number of carboxylic acid groups (broad SMARTS) is 1. The molecule has 10 heavy (non-hydrogen) atoms. The third-order valence-electron chi connectivity index (χ3n) is 0.971. The molecule has 0 aromatic heterocycles. The van der Waals surface area contributed by atoms with Crippen molar-refractivity contribution in [1.82, 2.24) is 5.32 Å². The topological polar surface area (TPSA) is 75.6 Å². The predicted octanol–water partition coefficient (Wildman–Crippen LogP) is -1.47. The standard InChI is InChI=1S/C4H5NO4.Li.H/c6-3(7)2-1-9-4(8)5-2;;/h2H,1H2,(H,5,8)(H,6,7);;. The molecule has 1 aliphatic rings. The van der Waals surface area contributed by atoms with Crippen molar-refractivity contribution in [1.29, 1.82) is 0 Å². The van der Waals surface area contributed by atoms with Gasteiger partial charge >= 0.3 is 30.9 Å². The molecule has 0 bridgehead atoms. The van der Waals surface area contributed by atoms with Crippen molar-refractivity contribution >= 4 is 30.9 Å². The van der Waals surface area contributed by atoms with Crippen molar-refractivity contribution in [3.05, 3.63) is 0 Å². The summed E-state index contributed by atoms with van der Waals surface area (Å²) >= 11 is 0. The van der Waals surface area contributed by atoms with E-state index in [2.05, 4.69) is 10.1 Å². The van der Waals surface area contributed by atoms with Gasteiger partial charge in [0.25, 0.3) is 0 Å². The second-order valence-corrected chi connectivity index (χ2v) is 1.63. The number of aliphatic carboxylic acids is 1. The average Bonchev–Trinajstić information content (AvgIpc) is 2.14. The van der Waals surface area contributed by atoms with E-state index in [1.54, 1.807) is 0 Å². The SMILES string of the molecule is O=C1NC(C(=O)O)CO1.[LiH]. The van der Waals surface area contributed by atoms with E-state index >= 15 is 0 Å². The van der Waals surface area contributed by atoms with Crippen molar-refractivity contribution in [3.8, 4) is 0 Å². The molecule has 0 aromatic carbocycles. The number of rotatable bonds is 1. The second-order valence-electron chi connectivity index (χ2n) is 1.63. The Morgan fingerprint density at radius 3 is 2.60 bits per heavy atom. The third-order valence-corrected chi connectivity index (χ3v) is 0.971. The summed E-state index contributed by atoms with van der Waals surface area (Å²) in [6.07, 6.45) is -0.664. The number of nitrogens with one attached hydrogen (secondary N) is 1. The van der Waals surface area contributed by atoms with E-state index in [4.69, 9.17) is 5.11 Å². The van der Waals surface area contributed by atoms with Crippen molar-refractivity contribution in [2.45, 2.75) is 6.04 Å². The molecule has 0 spiro atoms. The van der Waals surface area contributed by atoms with E-state index in [1.165, 1.54) is 0 Å². The number of carbonyl (C=O) groups excluding carboxylic acids is 1. The average molecular weight is 139 g/mol. The van der Waals surface area contributed by atoms with E-state index < -0.39 is 18.1 Å². The van der Waals surface area contributed by atoms with Gasteiger partial charge in [0.2, 0.25) is 0 Å². The normalized spacial score (nSPS) is 22.4. The Labute approximate surface area is 68.9 Å². The zero-order valence-electron chi connectivity index (χ0n) is 4.46. The van der Waals surface area contributed by atoms with Gasteiger partial charge in [-0.05, 0) is 0 Å². The summed E-state index contributed by atoms with van der Waals surface area (Å²) in [7, 11) is 0. The number of alkyl carbamates (subject to hydrolysis) is 1. The van der Waals surface area contributed by atoms with Gasteiger partial charge in [0.1, 0.15) is 6.61 Å². The monoisotopic (exact) mass is 139 g/mol. The number of carboxylic acids is 1. The fourth-order valence-corrected chi connectivity index (χ4v) is 0.518. The molecule has 1 unspecified atom stereocenters. The minimum absolute atomic E-state index is 0. The number of carbonyl (C=O) groups is 2. The summed E-state index contributed by atoms with van der Waals surface area (Å²) in [5.74, 6) is -1.07. The molecule has 1 atom stereocenters. The van der Waals surface area contributed by atoms with Crippen LogP contribution < -0.4 is 5.32 Å². The molecular formula is C4H6LiNO4. The maximum atomic E-state index is 10.2. The van der Waals surface area contributed by atoms with Crippen molar-refractivity contribution in [2.24, 2.45) is 0 Å². The van der Waals surface area contributed by atoms with Crippen molar-refractivity contribution in [3.63, 3.8) is 0 Å². The van der Waals surface area contributed by atoms with Crippen LogP contribution in [0.25, 0.3) is 0 Å². The Morgan fingerprint density at radius 1 is 1.80 bits per heavy atom. The van der Waals surface area contributed by atoms with Crippen LogP contribution in [0.4, 0.5) is 4.79 Å². The van der Waals surface area contributed by atoms with Crippen LogP contribution in [-0.2, 0) is 9.53 Å². The third kappa shape index (κ3) is 1.94. The van der Waals surface area contributed by atoms with Crippen LogP contribution in [-0.4, -0.2) is 48.7 Å². The Balaban J connectivity index is 0.000000810. The summed E-state index contributed by atoms with van der Waals surface area (Å²) in [4.78, 5) is 20.2. The molecule has 2 N–H and O–H groups in total. The van der Waals surface area contributed by atoms with Crippen molar-refractivity contribution in [2.75, 3.05) is 6.61 Å². The van der Waals surface area contributed by atoms with Gasteiger partial charge in [-0.25, -0.2) is 9.59 Å². The molecule has 5 nitrogen and oxygen atoms in total. The Morgan fingerprint density at radius 2 is 2.40 bits per heavy atom. The zero-order chi connectivity index (χ0) is 6.85. The van der Waals surface area contributed by atoms with Gasteiger partial charge < -0.3 is 15.2 Å². The van der Waals surface area contributed by atoms with Crippen LogP contribution in [0.1, 0.15) is 0 Å². The molecule has 0 saturated carbocycles. The second kappa shape index (κ2) is 3.49. The molecule has 1 rings (SSSR count). The summed E-state index contributed by atoms with van der Waals surface area (Å²) in [5, 5.41) is 10.3. The summed E-state index contributed by atoms with van der Waals surface area (Å²) in [6, 6.07) is -0.863. The van der Waals surface area contributed by atoms with Crippen LogP contribution in [0.15, 0.2) is 0 Å². The summed E-state index contributed by atoms with van der Waals surface area (Å²) < 4.78 is 4.30. The first-order valence-electron chi connectivity index (χ1n) is 2.36. The van der Waals surface area contributed by atoms with E-state index in [0.717, 1.165) is 0 Å². The van der Waals surface area contributed by atoms with Crippen molar-refractivity contribution < 1.29 is 19.4 Å². The van der Waals surface area contributed by atoms with Crippen LogP contribution in [0.3, 0.4) is 0 Å². The Hall–Kier alpha value is -0.663. The van der Waals surface area contributed by atoms with E-state index in [0.29, 0.717) is 0 Å². The molecule has 1 heterocycles. The molecule has 52 valence electrons. The first kappa shape index (κ1) is 9.34. The molecular weight excluding hydrogens is 133 g/mol. The van der Waals surface area contributed by atoms with E-state index in [-0.39, 0.29) is 25.5 Å². The zero-order valence-corrected chi connectivity index (χ0v) is 4.46. The van der Waals surface area contributed by atoms with Gasteiger partial charge in [-0.3, -0.25) is 0 Å². The molecule has 1 amide bonds. The van der Waals surface area contributed by atoms with Gasteiger partial charge in [0, 0.05) is 0 Å². The number of amides is 1. The van der Waals surface area contributed by atoms with Crippen LogP contribution >= 0.6 is 0 Å². The van der Waals surface area contributed by atoms with Crippen LogP contribution in [0.5, 0.6) is 0 Å². The number of hydrogen-bond donors (Lipinski definition) is 2. The van der Waals surface area contributed by atoms with E-state index in [9.17, 15) is 9.59 Å². The molecule has 6 heteroatoms.